The van der Waals surface area contributed by atoms with Gasteiger partial charge in [0, 0.05) is 13.1 Å². The van der Waals surface area contributed by atoms with E-state index in [-0.39, 0.29) is 5.69 Å². The summed E-state index contributed by atoms with van der Waals surface area (Å²) >= 11 is 0. The summed E-state index contributed by atoms with van der Waals surface area (Å²) < 4.78 is 8.10. The third-order valence-corrected chi connectivity index (χ3v) is 3.30. The van der Waals surface area contributed by atoms with Crippen LogP contribution in [0.5, 0.6) is 0 Å². The standard InChI is InChI=1S/C16H20N2O3/c1-5-8-17-14-9-12(15(19)21-4)6-7-13(14)18(16(17)20)10-11(2)3/h5-7,9,11H,1,8,10H2,2-4H3. The summed E-state index contributed by atoms with van der Waals surface area (Å²) in [5.74, 6) is -0.0584. The van der Waals surface area contributed by atoms with Gasteiger partial charge >= 0.3 is 11.7 Å². The Labute approximate surface area is 123 Å². The number of hydrogen-bond acceptors (Lipinski definition) is 3. The third kappa shape index (κ3) is 2.77. The Kier molecular flexibility index (Phi) is 4.31. The van der Waals surface area contributed by atoms with Crippen LogP contribution in [0, 0.1) is 5.92 Å². The number of carbonyl (C=O) groups is 1. The highest BCUT2D eigenvalue weighted by Crippen LogP contribution is 2.17. The molecule has 0 aliphatic heterocycles. The van der Waals surface area contributed by atoms with Crippen molar-refractivity contribution < 1.29 is 9.53 Å². The zero-order valence-corrected chi connectivity index (χ0v) is 12.6. The first-order chi connectivity index (χ1) is 9.99. The quantitative estimate of drug-likeness (QED) is 0.627. The van der Waals surface area contributed by atoms with Crippen molar-refractivity contribution in [3.63, 3.8) is 0 Å². The molecule has 0 unspecified atom stereocenters. The number of nitrogens with zero attached hydrogens (tertiary/aromatic N) is 2. The summed E-state index contributed by atoms with van der Waals surface area (Å²) in [6, 6.07) is 5.18. The number of fused-ring (bicyclic) bond motifs is 1. The summed E-state index contributed by atoms with van der Waals surface area (Å²) in [6.45, 7) is 8.85. The summed E-state index contributed by atoms with van der Waals surface area (Å²) in [6.07, 6.45) is 1.67. The number of benzene rings is 1. The topological polar surface area (TPSA) is 53.2 Å². The first-order valence-corrected chi connectivity index (χ1v) is 6.91. The fourth-order valence-corrected chi connectivity index (χ4v) is 2.41. The molecule has 0 saturated carbocycles. The minimum Gasteiger partial charge on any atom is -0.465 e. The van der Waals surface area contributed by atoms with E-state index in [1.807, 2.05) is 0 Å². The number of hydrogen-bond donors (Lipinski definition) is 0. The van der Waals surface area contributed by atoms with Crippen molar-refractivity contribution in [1.29, 1.82) is 0 Å². The van der Waals surface area contributed by atoms with Gasteiger partial charge in [-0.25, -0.2) is 9.59 Å². The maximum absolute atomic E-state index is 12.5. The highest BCUT2D eigenvalue weighted by atomic mass is 16.5. The van der Waals surface area contributed by atoms with Crippen molar-refractivity contribution in [1.82, 2.24) is 9.13 Å². The molecule has 0 saturated heterocycles. The van der Waals surface area contributed by atoms with E-state index in [2.05, 4.69) is 20.4 Å². The van der Waals surface area contributed by atoms with Gasteiger partial charge in [0.25, 0.3) is 0 Å². The fourth-order valence-electron chi connectivity index (χ4n) is 2.41. The summed E-state index contributed by atoms with van der Waals surface area (Å²) in [5.41, 5.74) is 1.90. The molecule has 1 heterocycles. The molecule has 0 radical (unpaired) electrons. The first kappa shape index (κ1) is 15.1. The minimum absolute atomic E-state index is 0.0828. The van der Waals surface area contributed by atoms with Gasteiger partial charge in [-0.3, -0.25) is 9.13 Å². The van der Waals surface area contributed by atoms with Gasteiger partial charge in [0.05, 0.1) is 23.7 Å². The fraction of sp³-hybridized carbons (Fsp3) is 0.375. The van der Waals surface area contributed by atoms with Crippen molar-refractivity contribution in [2.24, 2.45) is 5.92 Å². The van der Waals surface area contributed by atoms with E-state index in [1.54, 1.807) is 33.4 Å². The Morgan fingerprint density at radius 1 is 1.33 bits per heavy atom. The second kappa shape index (κ2) is 5.99. The van der Waals surface area contributed by atoms with Crippen molar-refractivity contribution >= 4 is 17.0 Å². The van der Waals surface area contributed by atoms with Crippen LogP contribution >= 0.6 is 0 Å². The van der Waals surface area contributed by atoms with Gasteiger partial charge in [-0.15, -0.1) is 6.58 Å². The molecule has 1 aromatic heterocycles. The van der Waals surface area contributed by atoms with E-state index in [4.69, 9.17) is 4.74 Å². The van der Waals surface area contributed by atoms with Crippen molar-refractivity contribution in [3.8, 4) is 0 Å². The normalized spacial score (nSPS) is 11.0. The van der Waals surface area contributed by atoms with Crippen LogP contribution in [-0.4, -0.2) is 22.2 Å². The van der Waals surface area contributed by atoms with Crippen LogP contribution in [-0.2, 0) is 17.8 Å². The smallest absolute Gasteiger partial charge is 0.337 e. The van der Waals surface area contributed by atoms with Crippen molar-refractivity contribution in [2.45, 2.75) is 26.9 Å². The molecule has 1 aromatic carbocycles. The lowest BCUT2D eigenvalue weighted by molar-refractivity contribution is 0.0601. The molecule has 2 aromatic rings. The number of allylic oxidation sites excluding steroid dienone is 1. The van der Waals surface area contributed by atoms with Gasteiger partial charge < -0.3 is 4.74 Å². The number of methoxy groups -OCH3 is 1. The Balaban J connectivity index is 2.71. The molecule has 0 atom stereocenters. The molecule has 5 heteroatoms. The molecule has 112 valence electrons. The second-order valence-electron chi connectivity index (χ2n) is 5.38. The molecule has 0 N–H and O–H groups in total. The van der Waals surface area contributed by atoms with Crippen molar-refractivity contribution in [3.05, 3.63) is 46.9 Å². The van der Waals surface area contributed by atoms with Crippen LogP contribution in [0.15, 0.2) is 35.6 Å². The lowest BCUT2D eigenvalue weighted by Gasteiger charge is -2.06. The van der Waals surface area contributed by atoms with Crippen LogP contribution in [0.3, 0.4) is 0 Å². The zero-order chi connectivity index (χ0) is 15.6. The highest BCUT2D eigenvalue weighted by Gasteiger charge is 2.15. The van der Waals surface area contributed by atoms with Crippen LogP contribution in [0.2, 0.25) is 0 Å². The maximum atomic E-state index is 12.5. The Morgan fingerprint density at radius 3 is 2.62 bits per heavy atom. The van der Waals surface area contributed by atoms with Gasteiger partial charge in [-0.2, -0.15) is 0 Å². The van der Waals surface area contributed by atoms with Gasteiger partial charge in [0.1, 0.15) is 0 Å². The number of carbonyl (C=O) groups excluding carboxylic acids is 1. The van der Waals surface area contributed by atoms with Crippen LogP contribution in [0.4, 0.5) is 0 Å². The molecule has 0 spiro atoms. The van der Waals surface area contributed by atoms with Crippen LogP contribution in [0.1, 0.15) is 24.2 Å². The minimum atomic E-state index is -0.411. The third-order valence-electron chi connectivity index (χ3n) is 3.30. The Bertz CT molecular complexity index is 738. The molecular weight excluding hydrogens is 268 g/mol. The molecule has 2 rings (SSSR count). The average Bonchev–Trinajstić information content (AvgIpc) is 2.71. The lowest BCUT2D eigenvalue weighted by Crippen LogP contribution is -2.25. The molecule has 0 fully saturated rings. The van der Waals surface area contributed by atoms with E-state index < -0.39 is 5.97 Å². The van der Waals surface area contributed by atoms with E-state index in [9.17, 15) is 9.59 Å². The maximum Gasteiger partial charge on any atom is 0.337 e. The van der Waals surface area contributed by atoms with E-state index in [1.165, 1.54) is 7.11 Å². The predicted octanol–water partition coefficient (Wildman–Crippen LogP) is 2.43. The van der Waals surface area contributed by atoms with Crippen LogP contribution < -0.4 is 5.69 Å². The van der Waals surface area contributed by atoms with Gasteiger partial charge in [-0.05, 0) is 24.1 Å². The molecule has 0 aliphatic rings. The Morgan fingerprint density at radius 2 is 2.05 bits per heavy atom. The summed E-state index contributed by atoms with van der Waals surface area (Å²) in [4.78, 5) is 24.2. The number of imidazole rings is 1. The molecule has 5 nitrogen and oxygen atoms in total. The van der Waals surface area contributed by atoms with Crippen LogP contribution in [0.25, 0.3) is 11.0 Å². The Hall–Kier alpha value is -2.30. The number of aromatic nitrogens is 2. The van der Waals surface area contributed by atoms with E-state index >= 15 is 0 Å². The SMILES string of the molecule is C=CCn1c(=O)n(CC(C)C)c2ccc(C(=O)OC)cc21. The molecule has 21 heavy (non-hydrogen) atoms. The van der Waals surface area contributed by atoms with Gasteiger partial charge in [0.2, 0.25) is 0 Å². The van der Waals surface area contributed by atoms with Gasteiger partial charge in [-0.1, -0.05) is 19.9 Å². The molecule has 0 aliphatic carbocycles. The predicted molar refractivity (Wildman–Crippen MR) is 82.6 cm³/mol. The molecule has 0 amide bonds. The summed E-state index contributed by atoms with van der Waals surface area (Å²) in [5, 5.41) is 0. The number of esters is 1. The average molecular weight is 288 g/mol. The van der Waals surface area contributed by atoms with Gasteiger partial charge in [0.15, 0.2) is 0 Å². The number of rotatable bonds is 5. The zero-order valence-electron chi connectivity index (χ0n) is 12.6. The number of ether oxygens (including phenoxy) is 1. The monoisotopic (exact) mass is 288 g/mol. The molecular formula is C16H20N2O3. The lowest BCUT2D eigenvalue weighted by atomic mass is 10.2. The largest absolute Gasteiger partial charge is 0.465 e. The highest BCUT2D eigenvalue weighted by molar-refractivity contribution is 5.93. The first-order valence-electron chi connectivity index (χ1n) is 6.91. The summed E-state index contributed by atoms with van der Waals surface area (Å²) in [7, 11) is 1.34. The molecule has 0 bridgehead atoms. The van der Waals surface area contributed by atoms with Crippen molar-refractivity contribution in [2.75, 3.05) is 7.11 Å². The second-order valence-corrected chi connectivity index (χ2v) is 5.38. The van der Waals surface area contributed by atoms with E-state index in [0.717, 1.165) is 11.0 Å². The van der Waals surface area contributed by atoms with E-state index in [0.29, 0.717) is 24.6 Å².